The molecule has 2 unspecified atom stereocenters. The Morgan fingerprint density at radius 1 is 0.837 bits per heavy atom. The number of benzene rings is 2. The van der Waals surface area contributed by atoms with Gasteiger partial charge in [-0.1, -0.05) is 34.6 Å². The number of hydrazine groups is 1. The first-order valence-corrected chi connectivity index (χ1v) is 19.5. The molecule has 2 aromatic rings. The summed E-state index contributed by atoms with van der Waals surface area (Å²) in [6.45, 7) is 9.79. The summed E-state index contributed by atoms with van der Waals surface area (Å²) in [5, 5.41) is 15.4. The maximum atomic E-state index is 14.2. The van der Waals surface area contributed by atoms with E-state index in [-0.39, 0.29) is 52.8 Å². The van der Waals surface area contributed by atoms with E-state index in [4.69, 9.17) is 0 Å². The first-order valence-electron chi connectivity index (χ1n) is 16.4. The van der Waals surface area contributed by atoms with Crippen LogP contribution in [0, 0.1) is 17.6 Å². The predicted molar refractivity (Wildman–Crippen MR) is 185 cm³/mol. The summed E-state index contributed by atoms with van der Waals surface area (Å²) in [5.41, 5.74) is -0.142. The van der Waals surface area contributed by atoms with E-state index in [1.807, 2.05) is 13.8 Å². The van der Waals surface area contributed by atoms with E-state index < -0.39 is 55.6 Å². The minimum absolute atomic E-state index is 0.0343. The molecule has 12 nitrogen and oxygen atoms in total. The molecule has 0 aliphatic heterocycles. The molecular formula is C33H51F2N5O7S2. The number of hydrogen-bond acceptors (Lipinski definition) is 8. The molecule has 0 bridgehead atoms. The zero-order valence-corrected chi connectivity index (χ0v) is 31.0. The summed E-state index contributed by atoms with van der Waals surface area (Å²) < 4.78 is 81.1. The Morgan fingerprint density at radius 3 is 1.90 bits per heavy atom. The molecule has 0 saturated carbocycles. The van der Waals surface area contributed by atoms with Gasteiger partial charge in [-0.25, -0.2) is 34.9 Å². The second kappa shape index (κ2) is 18.8. The van der Waals surface area contributed by atoms with E-state index in [1.165, 1.54) is 31.2 Å². The molecule has 2 atom stereocenters. The fourth-order valence-electron chi connectivity index (χ4n) is 5.24. The van der Waals surface area contributed by atoms with E-state index in [0.717, 1.165) is 22.5 Å². The van der Waals surface area contributed by atoms with E-state index in [0.29, 0.717) is 38.4 Å². The molecule has 0 saturated heterocycles. The minimum Gasteiger partial charge on any atom is -0.390 e. The van der Waals surface area contributed by atoms with Gasteiger partial charge in [0.2, 0.25) is 20.0 Å². The van der Waals surface area contributed by atoms with Crippen LogP contribution < -0.4 is 10.1 Å². The third-order valence-corrected chi connectivity index (χ3v) is 10.8. The SMILES string of the molecule is CCCN(CC(O)C(Cc1cc(F)cc(F)c1)NC(=O)c1cc(C(=O)N(CCC)CCC)cc(S(=O)(=O)N(C)C)c1)NS(=O)(=O)CC(C)C. The lowest BCUT2D eigenvalue weighted by Gasteiger charge is -2.30. The monoisotopic (exact) mass is 731 g/mol. The lowest BCUT2D eigenvalue weighted by Crippen LogP contribution is -2.53. The topological polar surface area (TPSA) is 156 Å². The number of hydrogen-bond donors (Lipinski definition) is 3. The Balaban J connectivity index is 2.60. The van der Waals surface area contributed by atoms with Gasteiger partial charge in [0.25, 0.3) is 11.8 Å². The molecule has 49 heavy (non-hydrogen) atoms. The second-order valence-electron chi connectivity index (χ2n) is 12.7. The number of nitrogens with one attached hydrogen (secondary N) is 2. The van der Waals surface area contributed by atoms with Crippen LogP contribution in [-0.4, -0.2) is 106 Å². The maximum absolute atomic E-state index is 14.2. The van der Waals surface area contributed by atoms with Crippen LogP contribution in [0.25, 0.3) is 0 Å². The van der Waals surface area contributed by atoms with Crippen LogP contribution in [-0.2, 0) is 26.5 Å². The largest absolute Gasteiger partial charge is 0.390 e. The molecule has 276 valence electrons. The van der Waals surface area contributed by atoms with Crippen molar-refractivity contribution >= 4 is 31.9 Å². The number of aliphatic hydroxyl groups is 1. The second-order valence-corrected chi connectivity index (χ2v) is 16.6. The third-order valence-electron chi connectivity index (χ3n) is 7.35. The Bertz CT molecular complexity index is 1610. The number of halogens is 2. The first-order chi connectivity index (χ1) is 22.8. The number of sulfonamides is 2. The average molecular weight is 732 g/mol. The van der Waals surface area contributed by atoms with Gasteiger partial charge in [-0.05, 0) is 67.5 Å². The number of carbonyl (C=O) groups excluding carboxylic acids is 2. The van der Waals surface area contributed by atoms with Gasteiger partial charge in [0.15, 0.2) is 0 Å². The van der Waals surface area contributed by atoms with Crippen LogP contribution in [0.3, 0.4) is 0 Å². The van der Waals surface area contributed by atoms with Crippen LogP contribution in [0.4, 0.5) is 8.78 Å². The third kappa shape index (κ3) is 13.0. The molecule has 2 amide bonds. The van der Waals surface area contributed by atoms with Gasteiger partial charge >= 0.3 is 0 Å². The molecule has 2 aromatic carbocycles. The zero-order valence-electron chi connectivity index (χ0n) is 29.4. The van der Waals surface area contributed by atoms with Crippen molar-refractivity contribution in [3.05, 3.63) is 64.7 Å². The van der Waals surface area contributed by atoms with Crippen molar-refractivity contribution in [1.29, 1.82) is 0 Å². The lowest BCUT2D eigenvalue weighted by atomic mass is 9.99. The highest BCUT2D eigenvalue weighted by Gasteiger charge is 2.29. The van der Waals surface area contributed by atoms with Crippen molar-refractivity contribution in [2.75, 3.05) is 46.0 Å². The van der Waals surface area contributed by atoms with Crippen LogP contribution in [0.5, 0.6) is 0 Å². The summed E-state index contributed by atoms with van der Waals surface area (Å²) in [6, 6.07) is 5.10. The molecule has 16 heteroatoms. The fourth-order valence-corrected chi connectivity index (χ4v) is 7.72. The molecule has 2 rings (SSSR count). The highest BCUT2D eigenvalue weighted by Crippen LogP contribution is 2.21. The van der Waals surface area contributed by atoms with Crippen LogP contribution in [0.1, 0.15) is 80.2 Å². The van der Waals surface area contributed by atoms with Crippen LogP contribution in [0.15, 0.2) is 41.3 Å². The first kappa shape index (κ1) is 42.1. The molecule has 3 N–H and O–H groups in total. The Labute approximate surface area is 289 Å². The Kier molecular flexibility index (Phi) is 16.2. The highest BCUT2D eigenvalue weighted by molar-refractivity contribution is 7.89. The number of rotatable bonds is 20. The standard InChI is InChI=1S/C33H51F2N5O7S2/c1-8-11-39(12-9-2)33(43)26-17-25(18-29(19-26)49(46,47)38(6)7)32(42)36-30(16-24-14-27(34)20-28(35)15-24)31(41)21-40(13-10-3)37-48(44,45)22-23(4)5/h14-15,17-20,23,30-31,37,41H,8-13,16,21-22H2,1-7H3,(H,36,42). The lowest BCUT2D eigenvalue weighted by molar-refractivity contribution is 0.0618. The average Bonchev–Trinajstić information content (AvgIpc) is 2.98. The molecule has 0 aliphatic carbocycles. The van der Waals surface area contributed by atoms with Crippen LogP contribution >= 0.6 is 0 Å². The number of amides is 2. The number of carbonyl (C=O) groups is 2. The summed E-state index contributed by atoms with van der Waals surface area (Å²) in [6.07, 6.45) is 0.0424. The van der Waals surface area contributed by atoms with Crippen LogP contribution in [0.2, 0.25) is 0 Å². The molecule has 0 spiro atoms. The Morgan fingerprint density at radius 2 is 1.39 bits per heavy atom. The summed E-state index contributed by atoms with van der Waals surface area (Å²) in [7, 11) is -5.27. The van der Waals surface area contributed by atoms with Gasteiger partial charge in [0.05, 0.1) is 22.8 Å². The van der Waals surface area contributed by atoms with Gasteiger partial charge in [-0.15, -0.1) is 4.83 Å². The van der Waals surface area contributed by atoms with Crippen molar-refractivity contribution in [3.63, 3.8) is 0 Å². The molecule has 0 aliphatic rings. The minimum atomic E-state index is -4.11. The van der Waals surface area contributed by atoms with Crippen molar-refractivity contribution in [3.8, 4) is 0 Å². The van der Waals surface area contributed by atoms with Crippen molar-refractivity contribution in [2.24, 2.45) is 5.92 Å². The molecule has 0 radical (unpaired) electrons. The highest BCUT2D eigenvalue weighted by atomic mass is 32.2. The van der Waals surface area contributed by atoms with Gasteiger partial charge in [-0.2, -0.15) is 0 Å². The fraction of sp³-hybridized carbons (Fsp3) is 0.576. The molecule has 0 fully saturated rings. The Hall–Kier alpha value is -3.02. The van der Waals surface area contributed by atoms with Gasteiger partial charge in [0, 0.05) is 57.5 Å². The van der Waals surface area contributed by atoms with Crippen molar-refractivity contribution in [2.45, 2.75) is 77.3 Å². The summed E-state index contributed by atoms with van der Waals surface area (Å²) in [5.74, 6) is -3.45. The summed E-state index contributed by atoms with van der Waals surface area (Å²) in [4.78, 5) is 31.1. The van der Waals surface area contributed by atoms with Gasteiger partial charge in [0.1, 0.15) is 11.6 Å². The zero-order chi connectivity index (χ0) is 37.1. The number of aliphatic hydroxyl groups excluding tert-OH is 1. The normalized spacial score (nSPS) is 13.6. The summed E-state index contributed by atoms with van der Waals surface area (Å²) >= 11 is 0. The quantitative estimate of drug-likeness (QED) is 0.175. The van der Waals surface area contributed by atoms with E-state index in [9.17, 15) is 40.3 Å². The van der Waals surface area contributed by atoms with Gasteiger partial charge < -0.3 is 15.3 Å². The van der Waals surface area contributed by atoms with E-state index in [2.05, 4.69) is 10.1 Å². The number of nitrogens with zero attached hydrogens (tertiary/aromatic N) is 3. The maximum Gasteiger partial charge on any atom is 0.253 e. The molecular weight excluding hydrogens is 681 g/mol. The molecule has 0 heterocycles. The smallest absolute Gasteiger partial charge is 0.253 e. The predicted octanol–water partition coefficient (Wildman–Crippen LogP) is 3.38. The van der Waals surface area contributed by atoms with E-state index >= 15 is 0 Å². The van der Waals surface area contributed by atoms with Crippen molar-refractivity contribution < 1.29 is 40.3 Å². The van der Waals surface area contributed by atoms with Gasteiger partial charge in [-0.3, -0.25) is 9.59 Å². The molecule has 0 aromatic heterocycles. The van der Waals surface area contributed by atoms with E-state index in [1.54, 1.807) is 25.7 Å². The van der Waals surface area contributed by atoms with Crippen molar-refractivity contribution in [1.82, 2.24) is 24.4 Å².